The molecule has 1 aromatic heterocycles. The first-order valence-electron chi connectivity index (χ1n) is 7.40. The van der Waals surface area contributed by atoms with E-state index in [4.69, 9.17) is 20.9 Å². The van der Waals surface area contributed by atoms with Crippen molar-refractivity contribution in [1.82, 2.24) is 10.1 Å². The molecule has 0 bridgehead atoms. The lowest BCUT2D eigenvalue weighted by molar-refractivity contribution is -0.137. The van der Waals surface area contributed by atoms with E-state index in [9.17, 15) is 13.2 Å². The highest BCUT2D eigenvalue weighted by molar-refractivity contribution is 6.50. The van der Waals surface area contributed by atoms with Gasteiger partial charge in [0.2, 0.25) is 5.82 Å². The number of nitrogens with zero attached hydrogens (tertiary/aromatic N) is 2. The Labute approximate surface area is 151 Å². The SMILES string of the molecule is COc1ccccc1-c1noc(/C(Cl)=C/c2cccc(C(F)(F)F)c2)n1. The van der Waals surface area contributed by atoms with E-state index in [1.54, 1.807) is 24.3 Å². The minimum absolute atomic E-state index is 0.00927. The van der Waals surface area contributed by atoms with Gasteiger partial charge in [0.1, 0.15) is 10.8 Å². The van der Waals surface area contributed by atoms with E-state index in [2.05, 4.69) is 10.1 Å². The van der Waals surface area contributed by atoms with Crippen molar-refractivity contribution in [2.45, 2.75) is 6.18 Å². The number of rotatable bonds is 4. The van der Waals surface area contributed by atoms with Gasteiger partial charge in [-0.05, 0) is 35.9 Å². The maximum Gasteiger partial charge on any atom is 0.416 e. The van der Waals surface area contributed by atoms with E-state index in [-0.39, 0.29) is 22.3 Å². The van der Waals surface area contributed by atoms with E-state index < -0.39 is 11.7 Å². The molecule has 4 nitrogen and oxygen atoms in total. The second kappa shape index (κ2) is 7.21. The Morgan fingerprint density at radius 3 is 2.65 bits per heavy atom. The number of ether oxygens (including phenoxy) is 1. The quantitative estimate of drug-likeness (QED) is 0.599. The molecule has 0 spiro atoms. The Bertz CT molecular complexity index is 951. The molecule has 0 aliphatic rings. The highest BCUT2D eigenvalue weighted by Crippen LogP contribution is 2.32. The predicted molar refractivity (Wildman–Crippen MR) is 91.5 cm³/mol. The first-order valence-corrected chi connectivity index (χ1v) is 7.78. The van der Waals surface area contributed by atoms with Crippen molar-refractivity contribution < 1.29 is 22.4 Å². The lowest BCUT2D eigenvalue weighted by atomic mass is 10.1. The van der Waals surface area contributed by atoms with Crippen LogP contribution in [-0.4, -0.2) is 17.3 Å². The van der Waals surface area contributed by atoms with Gasteiger partial charge in [0.25, 0.3) is 5.89 Å². The normalized spacial score (nSPS) is 12.3. The summed E-state index contributed by atoms with van der Waals surface area (Å²) in [5.41, 5.74) is 0.103. The van der Waals surface area contributed by atoms with Crippen LogP contribution in [0.25, 0.3) is 22.5 Å². The first kappa shape index (κ1) is 18.0. The minimum atomic E-state index is -4.43. The van der Waals surface area contributed by atoms with Crippen LogP contribution in [-0.2, 0) is 6.18 Å². The zero-order valence-corrected chi connectivity index (χ0v) is 14.2. The van der Waals surface area contributed by atoms with E-state index in [1.165, 1.54) is 25.3 Å². The predicted octanol–water partition coefficient (Wildman–Crippen LogP) is 5.50. The third-order valence-corrected chi connectivity index (χ3v) is 3.76. The summed E-state index contributed by atoms with van der Waals surface area (Å²) in [4.78, 5) is 4.18. The van der Waals surface area contributed by atoms with Crippen LogP contribution in [0.4, 0.5) is 13.2 Å². The van der Waals surface area contributed by atoms with Crippen molar-refractivity contribution in [3.8, 4) is 17.1 Å². The van der Waals surface area contributed by atoms with Crippen LogP contribution in [0, 0.1) is 0 Å². The molecule has 2 aromatic carbocycles. The summed E-state index contributed by atoms with van der Waals surface area (Å²) in [6.45, 7) is 0. The van der Waals surface area contributed by atoms with Crippen molar-refractivity contribution in [2.75, 3.05) is 7.11 Å². The molecule has 0 N–H and O–H groups in total. The van der Waals surface area contributed by atoms with Crippen LogP contribution in [0.15, 0.2) is 53.1 Å². The van der Waals surface area contributed by atoms with Crippen molar-refractivity contribution in [3.05, 3.63) is 65.5 Å². The van der Waals surface area contributed by atoms with Gasteiger partial charge in [-0.1, -0.05) is 41.0 Å². The first-order chi connectivity index (χ1) is 12.4. The Morgan fingerprint density at radius 1 is 1.15 bits per heavy atom. The highest BCUT2D eigenvalue weighted by atomic mass is 35.5. The molecule has 0 aliphatic heterocycles. The molecule has 26 heavy (non-hydrogen) atoms. The van der Waals surface area contributed by atoms with Gasteiger partial charge in [0.15, 0.2) is 0 Å². The van der Waals surface area contributed by atoms with E-state index in [0.717, 1.165) is 12.1 Å². The zero-order chi connectivity index (χ0) is 18.7. The number of halogens is 4. The van der Waals surface area contributed by atoms with Crippen LogP contribution in [0.3, 0.4) is 0 Å². The van der Waals surface area contributed by atoms with E-state index >= 15 is 0 Å². The van der Waals surface area contributed by atoms with Crippen LogP contribution < -0.4 is 4.74 Å². The molecular formula is C18H12ClF3N2O2. The molecular weight excluding hydrogens is 369 g/mol. The van der Waals surface area contributed by atoms with Crippen molar-refractivity contribution in [1.29, 1.82) is 0 Å². The number of alkyl halides is 3. The van der Waals surface area contributed by atoms with Gasteiger partial charge >= 0.3 is 6.18 Å². The second-order valence-electron chi connectivity index (χ2n) is 5.24. The van der Waals surface area contributed by atoms with Crippen LogP contribution in [0.5, 0.6) is 5.75 Å². The number of para-hydroxylation sites is 1. The lowest BCUT2D eigenvalue weighted by Crippen LogP contribution is -2.04. The highest BCUT2D eigenvalue weighted by Gasteiger charge is 2.30. The van der Waals surface area contributed by atoms with Gasteiger partial charge in [-0.2, -0.15) is 18.2 Å². The maximum atomic E-state index is 12.8. The van der Waals surface area contributed by atoms with Crippen molar-refractivity contribution in [3.63, 3.8) is 0 Å². The van der Waals surface area contributed by atoms with Gasteiger partial charge in [-0.3, -0.25) is 0 Å². The molecule has 3 rings (SSSR count). The van der Waals surface area contributed by atoms with Crippen LogP contribution in [0.2, 0.25) is 0 Å². The fourth-order valence-corrected chi connectivity index (χ4v) is 2.47. The Kier molecular flexibility index (Phi) is 4.99. The molecule has 0 saturated carbocycles. The van der Waals surface area contributed by atoms with Crippen molar-refractivity contribution >= 4 is 22.7 Å². The average molecular weight is 381 g/mol. The van der Waals surface area contributed by atoms with Gasteiger partial charge in [-0.25, -0.2) is 0 Å². The summed E-state index contributed by atoms with van der Waals surface area (Å²) in [7, 11) is 1.51. The number of hydrogen-bond acceptors (Lipinski definition) is 4. The molecule has 0 radical (unpaired) electrons. The van der Waals surface area contributed by atoms with Gasteiger partial charge in [0, 0.05) is 0 Å². The molecule has 0 unspecified atom stereocenters. The standard InChI is InChI=1S/C18H12ClF3N2O2/c1-25-15-8-3-2-7-13(15)16-23-17(26-24-16)14(19)10-11-5-4-6-12(9-11)18(20,21)22/h2-10H,1H3/b14-10-. The smallest absolute Gasteiger partial charge is 0.416 e. The summed E-state index contributed by atoms with van der Waals surface area (Å²) in [5.74, 6) is 0.802. The Balaban J connectivity index is 1.91. The molecule has 134 valence electrons. The summed E-state index contributed by atoms with van der Waals surface area (Å²) < 4.78 is 48.7. The second-order valence-corrected chi connectivity index (χ2v) is 5.65. The fraction of sp³-hybridized carbons (Fsp3) is 0.111. The number of benzene rings is 2. The Morgan fingerprint density at radius 2 is 1.92 bits per heavy atom. The number of hydrogen-bond donors (Lipinski definition) is 0. The summed E-state index contributed by atoms with van der Waals surface area (Å²) in [6, 6.07) is 11.8. The molecule has 0 aliphatic carbocycles. The summed E-state index contributed by atoms with van der Waals surface area (Å²) in [5, 5.41) is 3.87. The third kappa shape index (κ3) is 3.88. The molecule has 3 aromatic rings. The number of aromatic nitrogens is 2. The van der Waals surface area contributed by atoms with E-state index in [0.29, 0.717) is 11.3 Å². The molecule has 1 heterocycles. The topological polar surface area (TPSA) is 48.2 Å². The lowest BCUT2D eigenvalue weighted by Gasteiger charge is -2.06. The molecule has 8 heteroatoms. The van der Waals surface area contributed by atoms with Crippen molar-refractivity contribution in [2.24, 2.45) is 0 Å². The zero-order valence-electron chi connectivity index (χ0n) is 13.4. The summed E-state index contributed by atoms with van der Waals surface area (Å²) >= 11 is 6.13. The molecule has 0 saturated heterocycles. The monoisotopic (exact) mass is 380 g/mol. The van der Waals surface area contributed by atoms with Crippen LogP contribution >= 0.6 is 11.6 Å². The molecule has 0 amide bonds. The van der Waals surface area contributed by atoms with Gasteiger partial charge in [0.05, 0.1) is 18.2 Å². The minimum Gasteiger partial charge on any atom is -0.496 e. The average Bonchev–Trinajstić information content (AvgIpc) is 3.11. The maximum absolute atomic E-state index is 12.8. The third-order valence-electron chi connectivity index (χ3n) is 3.49. The fourth-order valence-electron chi connectivity index (χ4n) is 2.27. The van der Waals surface area contributed by atoms with Gasteiger partial charge < -0.3 is 9.26 Å². The van der Waals surface area contributed by atoms with Gasteiger partial charge in [-0.15, -0.1) is 0 Å². The largest absolute Gasteiger partial charge is 0.496 e. The summed E-state index contributed by atoms with van der Waals surface area (Å²) in [6.07, 6.45) is -3.10. The molecule has 0 fully saturated rings. The molecule has 0 atom stereocenters. The van der Waals surface area contributed by atoms with Crippen LogP contribution in [0.1, 0.15) is 17.0 Å². The Hall–Kier alpha value is -2.80. The van der Waals surface area contributed by atoms with E-state index in [1.807, 2.05) is 0 Å². The number of methoxy groups -OCH3 is 1.